The third kappa shape index (κ3) is 4.22. The lowest BCUT2D eigenvalue weighted by Gasteiger charge is -2.15. The average Bonchev–Trinajstić information content (AvgIpc) is 2.39. The molecule has 1 unspecified atom stereocenters. The number of hydrogen-bond acceptors (Lipinski definition) is 1. The maximum absolute atomic E-state index is 6.17. The zero-order valence-electron chi connectivity index (χ0n) is 10.5. The Labute approximate surface area is 132 Å². The highest BCUT2D eigenvalue weighted by atomic mass is 79.9. The van der Waals surface area contributed by atoms with Crippen LogP contribution in [0.5, 0.6) is 0 Å². The van der Waals surface area contributed by atoms with Gasteiger partial charge in [0.15, 0.2) is 0 Å². The van der Waals surface area contributed by atoms with Crippen LogP contribution in [0.2, 0.25) is 10.0 Å². The molecule has 0 aliphatic heterocycles. The van der Waals surface area contributed by atoms with E-state index in [4.69, 9.17) is 23.2 Å². The topological polar surface area (TPSA) is 12.0 Å². The van der Waals surface area contributed by atoms with Crippen molar-refractivity contribution in [3.05, 3.63) is 68.1 Å². The predicted molar refractivity (Wildman–Crippen MR) is 85.9 cm³/mol. The Morgan fingerprint density at radius 2 is 1.95 bits per heavy atom. The van der Waals surface area contributed by atoms with Crippen LogP contribution >= 0.6 is 39.1 Å². The monoisotopic (exact) mass is 357 g/mol. The summed E-state index contributed by atoms with van der Waals surface area (Å²) in [5, 5.41) is 4.97. The largest absolute Gasteiger partial charge is 0.306 e. The van der Waals surface area contributed by atoms with Crippen LogP contribution in [0.25, 0.3) is 0 Å². The van der Waals surface area contributed by atoms with Crippen LogP contribution in [0.15, 0.2) is 46.9 Å². The maximum Gasteiger partial charge on any atom is 0.0451 e. The molecule has 0 saturated heterocycles. The van der Waals surface area contributed by atoms with E-state index in [-0.39, 0.29) is 6.04 Å². The summed E-state index contributed by atoms with van der Waals surface area (Å²) in [5.41, 5.74) is 2.24. The second kappa shape index (κ2) is 6.76. The highest BCUT2D eigenvalue weighted by molar-refractivity contribution is 9.10. The third-order valence-electron chi connectivity index (χ3n) is 2.96. The number of halogens is 3. The SMILES string of the molecule is CC(NCc1cc(Br)ccc1Cl)c1cccc(Cl)c1. The summed E-state index contributed by atoms with van der Waals surface area (Å²) < 4.78 is 1.03. The molecule has 0 fully saturated rings. The summed E-state index contributed by atoms with van der Waals surface area (Å²) in [6, 6.07) is 14.0. The van der Waals surface area contributed by atoms with E-state index in [0.717, 1.165) is 20.1 Å². The second-order valence-corrected chi connectivity index (χ2v) is 6.15. The van der Waals surface area contributed by atoms with Gasteiger partial charge in [0.2, 0.25) is 0 Å². The van der Waals surface area contributed by atoms with E-state index in [2.05, 4.69) is 34.2 Å². The van der Waals surface area contributed by atoms with Gasteiger partial charge < -0.3 is 5.32 Å². The quantitative estimate of drug-likeness (QED) is 0.749. The smallest absolute Gasteiger partial charge is 0.0451 e. The Balaban J connectivity index is 2.04. The normalized spacial score (nSPS) is 12.4. The molecule has 1 N–H and O–H groups in total. The minimum absolute atomic E-state index is 0.216. The van der Waals surface area contributed by atoms with Gasteiger partial charge >= 0.3 is 0 Å². The lowest BCUT2D eigenvalue weighted by molar-refractivity contribution is 0.575. The number of nitrogens with one attached hydrogen (secondary N) is 1. The van der Waals surface area contributed by atoms with Crippen molar-refractivity contribution in [1.29, 1.82) is 0 Å². The number of benzene rings is 2. The Morgan fingerprint density at radius 1 is 1.16 bits per heavy atom. The zero-order valence-corrected chi connectivity index (χ0v) is 13.6. The van der Waals surface area contributed by atoms with Crippen molar-refractivity contribution in [2.75, 3.05) is 0 Å². The molecule has 0 spiro atoms. The van der Waals surface area contributed by atoms with Gasteiger partial charge in [-0.25, -0.2) is 0 Å². The first kappa shape index (κ1) is 14.9. The van der Waals surface area contributed by atoms with Gasteiger partial charge in [0.05, 0.1) is 0 Å². The van der Waals surface area contributed by atoms with Crippen LogP contribution in [0, 0.1) is 0 Å². The van der Waals surface area contributed by atoms with Crippen LogP contribution in [0.3, 0.4) is 0 Å². The maximum atomic E-state index is 6.17. The molecule has 2 aromatic carbocycles. The van der Waals surface area contributed by atoms with Gasteiger partial charge in [-0.15, -0.1) is 0 Å². The first-order chi connectivity index (χ1) is 9.06. The van der Waals surface area contributed by atoms with Crippen LogP contribution in [-0.4, -0.2) is 0 Å². The van der Waals surface area contributed by atoms with Gasteiger partial charge in [-0.2, -0.15) is 0 Å². The minimum atomic E-state index is 0.216. The van der Waals surface area contributed by atoms with Gasteiger partial charge in [0.25, 0.3) is 0 Å². The lowest BCUT2D eigenvalue weighted by Crippen LogP contribution is -2.18. The van der Waals surface area contributed by atoms with E-state index in [1.807, 2.05) is 36.4 Å². The molecule has 0 aromatic heterocycles. The average molecular weight is 359 g/mol. The van der Waals surface area contributed by atoms with E-state index in [1.54, 1.807) is 0 Å². The zero-order chi connectivity index (χ0) is 13.8. The number of hydrogen-bond donors (Lipinski definition) is 1. The van der Waals surface area contributed by atoms with E-state index in [1.165, 1.54) is 5.56 Å². The molecular weight excluding hydrogens is 345 g/mol. The summed E-state index contributed by atoms with van der Waals surface area (Å²) in [6.07, 6.45) is 0. The molecule has 100 valence electrons. The minimum Gasteiger partial charge on any atom is -0.306 e. The van der Waals surface area contributed by atoms with Crippen LogP contribution in [0.1, 0.15) is 24.1 Å². The first-order valence-electron chi connectivity index (χ1n) is 5.99. The molecule has 4 heteroatoms. The van der Waals surface area contributed by atoms with Crippen molar-refractivity contribution in [1.82, 2.24) is 5.32 Å². The van der Waals surface area contributed by atoms with E-state index < -0.39 is 0 Å². The van der Waals surface area contributed by atoms with Gasteiger partial charge in [-0.3, -0.25) is 0 Å². The second-order valence-electron chi connectivity index (χ2n) is 4.39. The summed E-state index contributed by atoms with van der Waals surface area (Å²) >= 11 is 15.6. The molecular formula is C15H14BrCl2N. The molecule has 2 rings (SSSR count). The molecule has 19 heavy (non-hydrogen) atoms. The summed E-state index contributed by atoms with van der Waals surface area (Å²) in [5.74, 6) is 0. The van der Waals surface area contributed by atoms with E-state index >= 15 is 0 Å². The van der Waals surface area contributed by atoms with Gasteiger partial charge in [-0.05, 0) is 48.4 Å². The van der Waals surface area contributed by atoms with Crippen molar-refractivity contribution in [2.24, 2.45) is 0 Å². The molecule has 1 atom stereocenters. The lowest BCUT2D eigenvalue weighted by atomic mass is 10.1. The molecule has 2 aromatic rings. The fourth-order valence-electron chi connectivity index (χ4n) is 1.84. The Kier molecular flexibility index (Phi) is 5.28. The van der Waals surface area contributed by atoms with E-state index in [0.29, 0.717) is 6.54 Å². The molecule has 0 bridgehead atoms. The molecule has 0 aliphatic rings. The standard InChI is InChI=1S/C15H14BrCl2N/c1-10(11-3-2-4-14(17)8-11)19-9-12-7-13(16)5-6-15(12)18/h2-8,10,19H,9H2,1H3. The predicted octanol–water partition coefficient (Wildman–Crippen LogP) is 5.61. The van der Waals surface area contributed by atoms with Crippen molar-refractivity contribution < 1.29 is 0 Å². The van der Waals surface area contributed by atoms with Crippen molar-refractivity contribution in [3.63, 3.8) is 0 Å². The van der Waals surface area contributed by atoms with Gasteiger partial charge in [0.1, 0.15) is 0 Å². The molecule has 0 heterocycles. The first-order valence-corrected chi connectivity index (χ1v) is 7.54. The summed E-state index contributed by atoms with van der Waals surface area (Å²) in [4.78, 5) is 0. The van der Waals surface area contributed by atoms with Gasteiger partial charge in [-0.1, -0.05) is 51.3 Å². The highest BCUT2D eigenvalue weighted by Gasteiger charge is 2.07. The number of rotatable bonds is 4. The molecule has 0 aliphatic carbocycles. The summed E-state index contributed by atoms with van der Waals surface area (Å²) in [7, 11) is 0. The third-order valence-corrected chi connectivity index (χ3v) is 4.05. The molecule has 0 amide bonds. The molecule has 0 radical (unpaired) electrons. The van der Waals surface area contributed by atoms with Crippen LogP contribution in [-0.2, 0) is 6.54 Å². The summed E-state index contributed by atoms with van der Waals surface area (Å²) in [6.45, 7) is 2.82. The van der Waals surface area contributed by atoms with Crippen LogP contribution < -0.4 is 5.32 Å². The Hall–Kier alpha value is -0.540. The Morgan fingerprint density at radius 3 is 2.68 bits per heavy atom. The Bertz CT molecular complexity index is 572. The molecule has 1 nitrogen and oxygen atoms in total. The van der Waals surface area contributed by atoms with E-state index in [9.17, 15) is 0 Å². The highest BCUT2D eigenvalue weighted by Crippen LogP contribution is 2.22. The fourth-order valence-corrected chi connectivity index (χ4v) is 2.63. The molecule has 0 saturated carbocycles. The fraction of sp³-hybridized carbons (Fsp3) is 0.200. The van der Waals surface area contributed by atoms with Crippen molar-refractivity contribution >= 4 is 39.1 Å². The van der Waals surface area contributed by atoms with Crippen molar-refractivity contribution in [3.8, 4) is 0 Å². The van der Waals surface area contributed by atoms with Crippen LogP contribution in [0.4, 0.5) is 0 Å². The van der Waals surface area contributed by atoms with Crippen molar-refractivity contribution in [2.45, 2.75) is 19.5 Å². The van der Waals surface area contributed by atoms with Gasteiger partial charge in [0, 0.05) is 27.1 Å².